The van der Waals surface area contributed by atoms with Gasteiger partial charge >= 0.3 is 12.0 Å². The summed E-state index contributed by atoms with van der Waals surface area (Å²) in [6.45, 7) is 6.02. The monoisotopic (exact) mass is 214 g/mol. The van der Waals surface area contributed by atoms with Gasteiger partial charge in [-0.1, -0.05) is 6.92 Å². The second-order valence-corrected chi connectivity index (χ2v) is 3.90. The first-order valence-electron chi connectivity index (χ1n) is 5.33. The number of carboxylic acid groups (broad SMARTS) is 1. The highest BCUT2D eigenvalue weighted by molar-refractivity contribution is 5.76. The number of aliphatic carboxylic acids is 1. The number of carbonyl (C=O) groups excluding carboxylic acids is 1. The van der Waals surface area contributed by atoms with Crippen LogP contribution in [0.25, 0.3) is 0 Å². The lowest BCUT2D eigenvalue weighted by atomic mass is 10.1. The average molecular weight is 214 g/mol. The van der Waals surface area contributed by atoms with Crippen LogP contribution in [-0.2, 0) is 4.79 Å². The van der Waals surface area contributed by atoms with Crippen LogP contribution in [0.15, 0.2) is 0 Å². The van der Waals surface area contributed by atoms with Gasteiger partial charge in [-0.2, -0.15) is 0 Å². The number of carboxylic acids is 1. The third-order valence-corrected chi connectivity index (χ3v) is 2.69. The molecule has 0 radical (unpaired) electrons. The molecule has 1 fully saturated rings. The van der Waals surface area contributed by atoms with Crippen LogP contribution in [0.3, 0.4) is 0 Å². The number of amides is 2. The Morgan fingerprint density at radius 1 is 1.47 bits per heavy atom. The summed E-state index contributed by atoms with van der Waals surface area (Å²) in [5.74, 6) is -1.35. The highest BCUT2D eigenvalue weighted by atomic mass is 16.4. The maximum Gasteiger partial charge on any atom is 0.320 e. The van der Waals surface area contributed by atoms with E-state index in [-0.39, 0.29) is 6.03 Å². The highest BCUT2D eigenvalue weighted by Crippen LogP contribution is 2.11. The molecule has 15 heavy (non-hydrogen) atoms. The van der Waals surface area contributed by atoms with Crippen LogP contribution in [0, 0.1) is 5.92 Å². The van der Waals surface area contributed by atoms with Crippen molar-refractivity contribution in [1.29, 1.82) is 0 Å². The van der Waals surface area contributed by atoms with E-state index in [9.17, 15) is 9.59 Å². The summed E-state index contributed by atoms with van der Waals surface area (Å²) >= 11 is 0. The normalized spacial score (nSPS) is 19.2. The fourth-order valence-electron chi connectivity index (χ4n) is 1.72. The van der Waals surface area contributed by atoms with E-state index < -0.39 is 11.9 Å². The first-order chi connectivity index (χ1) is 7.06. The summed E-state index contributed by atoms with van der Waals surface area (Å²) in [5.41, 5.74) is 0. The smallest absolute Gasteiger partial charge is 0.320 e. The lowest BCUT2D eigenvalue weighted by Crippen LogP contribution is -2.50. The summed E-state index contributed by atoms with van der Waals surface area (Å²) in [4.78, 5) is 25.8. The van der Waals surface area contributed by atoms with Gasteiger partial charge in [0.1, 0.15) is 0 Å². The first kappa shape index (κ1) is 11.8. The molecule has 0 aromatic carbocycles. The lowest BCUT2D eigenvalue weighted by Gasteiger charge is -2.35. The Morgan fingerprint density at radius 2 is 2.07 bits per heavy atom. The Balaban J connectivity index is 2.54. The molecule has 86 valence electrons. The molecule has 2 amide bonds. The molecular weight excluding hydrogens is 196 g/mol. The Labute approximate surface area is 89.7 Å². The van der Waals surface area contributed by atoms with Gasteiger partial charge in [-0.15, -0.1) is 0 Å². The standard InChI is InChI=1S/C10H18N2O3/c1-3-11-5-4-6-12(10(11)15)7-8(2)9(13)14/h8H,3-7H2,1-2H3,(H,13,14). The van der Waals surface area contributed by atoms with Gasteiger partial charge in [-0.05, 0) is 13.3 Å². The second kappa shape index (κ2) is 5.00. The van der Waals surface area contributed by atoms with Gasteiger partial charge in [0.05, 0.1) is 5.92 Å². The zero-order valence-corrected chi connectivity index (χ0v) is 9.27. The van der Waals surface area contributed by atoms with Crippen molar-refractivity contribution in [1.82, 2.24) is 9.80 Å². The minimum Gasteiger partial charge on any atom is -0.481 e. The lowest BCUT2D eigenvalue weighted by molar-refractivity contribution is -0.141. The molecule has 5 heteroatoms. The largest absolute Gasteiger partial charge is 0.481 e. The van der Waals surface area contributed by atoms with Gasteiger partial charge in [0.2, 0.25) is 0 Å². The highest BCUT2D eigenvalue weighted by Gasteiger charge is 2.26. The van der Waals surface area contributed by atoms with E-state index in [1.165, 1.54) is 0 Å². The van der Waals surface area contributed by atoms with Crippen molar-refractivity contribution in [3.8, 4) is 0 Å². The predicted molar refractivity (Wildman–Crippen MR) is 55.6 cm³/mol. The molecule has 1 saturated heterocycles. The quantitative estimate of drug-likeness (QED) is 0.754. The number of carbonyl (C=O) groups is 2. The summed E-state index contributed by atoms with van der Waals surface area (Å²) in [5, 5.41) is 8.77. The topological polar surface area (TPSA) is 60.9 Å². The number of nitrogens with zero attached hydrogens (tertiary/aromatic N) is 2. The summed E-state index contributed by atoms with van der Waals surface area (Å²) in [6, 6.07) is -0.0307. The molecule has 1 aliphatic heterocycles. The van der Waals surface area contributed by atoms with Crippen molar-refractivity contribution < 1.29 is 14.7 Å². The molecule has 0 aromatic rings. The second-order valence-electron chi connectivity index (χ2n) is 3.90. The number of rotatable bonds is 4. The zero-order valence-electron chi connectivity index (χ0n) is 9.27. The van der Waals surface area contributed by atoms with Crippen LogP contribution in [0.2, 0.25) is 0 Å². The molecule has 1 rings (SSSR count). The van der Waals surface area contributed by atoms with Gasteiger partial charge in [0, 0.05) is 26.2 Å². The van der Waals surface area contributed by atoms with Crippen molar-refractivity contribution in [2.75, 3.05) is 26.2 Å². The summed E-state index contributed by atoms with van der Waals surface area (Å²) in [6.07, 6.45) is 0.923. The molecule has 0 saturated carbocycles. The van der Waals surface area contributed by atoms with Gasteiger partial charge in [-0.25, -0.2) is 4.79 Å². The van der Waals surface area contributed by atoms with Crippen LogP contribution in [0.5, 0.6) is 0 Å². The van der Waals surface area contributed by atoms with Crippen LogP contribution in [0.1, 0.15) is 20.3 Å². The van der Waals surface area contributed by atoms with Crippen molar-refractivity contribution in [2.24, 2.45) is 5.92 Å². The van der Waals surface area contributed by atoms with Crippen molar-refractivity contribution in [3.63, 3.8) is 0 Å². The molecule has 0 aromatic heterocycles. The van der Waals surface area contributed by atoms with E-state index in [4.69, 9.17) is 5.11 Å². The number of hydrogen-bond donors (Lipinski definition) is 1. The SMILES string of the molecule is CCN1CCCN(CC(C)C(=O)O)C1=O. The molecule has 0 aliphatic carbocycles. The molecule has 0 spiro atoms. The average Bonchev–Trinajstić information content (AvgIpc) is 2.21. The zero-order chi connectivity index (χ0) is 11.4. The van der Waals surface area contributed by atoms with Crippen LogP contribution < -0.4 is 0 Å². The molecule has 1 unspecified atom stereocenters. The minimum absolute atomic E-state index is 0.0307. The third-order valence-electron chi connectivity index (χ3n) is 2.69. The van der Waals surface area contributed by atoms with E-state index in [2.05, 4.69) is 0 Å². The van der Waals surface area contributed by atoms with Crippen LogP contribution in [-0.4, -0.2) is 53.1 Å². The van der Waals surface area contributed by atoms with Gasteiger partial charge < -0.3 is 14.9 Å². The van der Waals surface area contributed by atoms with E-state index in [0.717, 1.165) is 13.0 Å². The maximum atomic E-state index is 11.8. The Kier molecular flexibility index (Phi) is 3.94. The molecule has 5 nitrogen and oxygen atoms in total. The Hall–Kier alpha value is -1.26. The Morgan fingerprint density at radius 3 is 2.60 bits per heavy atom. The van der Waals surface area contributed by atoms with E-state index >= 15 is 0 Å². The van der Waals surface area contributed by atoms with E-state index in [1.54, 1.807) is 16.7 Å². The fourth-order valence-corrected chi connectivity index (χ4v) is 1.72. The summed E-state index contributed by atoms with van der Waals surface area (Å²) < 4.78 is 0. The van der Waals surface area contributed by atoms with E-state index in [0.29, 0.717) is 19.6 Å². The molecule has 1 atom stereocenters. The first-order valence-corrected chi connectivity index (χ1v) is 5.33. The molecule has 1 heterocycles. The fraction of sp³-hybridized carbons (Fsp3) is 0.800. The van der Waals surface area contributed by atoms with Crippen molar-refractivity contribution >= 4 is 12.0 Å². The van der Waals surface area contributed by atoms with Gasteiger partial charge in [0.25, 0.3) is 0 Å². The molecule has 1 aliphatic rings. The minimum atomic E-state index is -0.851. The van der Waals surface area contributed by atoms with E-state index in [1.807, 2.05) is 6.92 Å². The molecule has 0 bridgehead atoms. The molecule has 1 N–H and O–H groups in total. The Bertz CT molecular complexity index is 255. The van der Waals surface area contributed by atoms with Crippen LogP contribution >= 0.6 is 0 Å². The maximum absolute atomic E-state index is 11.8. The third kappa shape index (κ3) is 2.84. The van der Waals surface area contributed by atoms with Crippen molar-refractivity contribution in [2.45, 2.75) is 20.3 Å². The van der Waals surface area contributed by atoms with Crippen molar-refractivity contribution in [3.05, 3.63) is 0 Å². The predicted octanol–water partition coefficient (Wildman–Crippen LogP) is 0.855. The number of urea groups is 1. The summed E-state index contributed by atoms with van der Waals surface area (Å²) in [7, 11) is 0. The number of hydrogen-bond acceptors (Lipinski definition) is 2. The molecular formula is C10H18N2O3. The van der Waals surface area contributed by atoms with Gasteiger partial charge in [-0.3, -0.25) is 4.79 Å². The van der Waals surface area contributed by atoms with Gasteiger partial charge in [0.15, 0.2) is 0 Å². The van der Waals surface area contributed by atoms with Crippen LogP contribution in [0.4, 0.5) is 4.79 Å².